The number of hydrogen-bond acceptors (Lipinski definition) is 6. The van der Waals surface area contributed by atoms with Crippen LogP contribution in [0.4, 0.5) is 5.82 Å². The molecule has 1 aromatic heterocycles. The summed E-state index contributed by atoms with van der Waals surface area (Å²) in [5.74, 6) is 0.296. The fourth-order valence-corrected chi connectivity index (χ4v) is 4.54. The second-order valence-corrected chi connectivity index (χ2v) is 7.93. The molecule has 1 aromatic rings. The minimum atomic E-state index is -0.720. The summed E-state index contributed by atoms with van der Waals surface area (Å²) in [6.45, 7) is 4.07. The second-order valence-electron chi connectivity index (χ2n) is 7.93. The number of anilines is 1. The van der Waals surface area contributed by atoms with E-state index in [1.807, 2.05) is 30.4 Å². The molecule has 2 aliphatic heterocycles. The number of carbonyl (C=O) groups is 2. The van der Waals surface area contributed by atoms with Gasteiger partial charge in [0, 0.05) is 32.4 Å². The van der Waals surface area contributed by atoms with Gasteiger partial charge in [-0.3, -0.25) is 19.4 Å². The molecule has 2 amide bonds. The van der Waals surface area contributed by atoms with E-state index in [4.69, 9.17) is 0 Å². The average molecular weight is 384 g/mol. The topological polar surface area (TPSA) is 77.0 Å². The molecule has 0 radical (unpaired) electrons. The average Bonchev–Trinajstić information content (AvgIpc) is 2.88. The molecule has 1 unspecified atom stereocenters. The van der Waals surface area contributed by atoms with Gasteiger partial charge < -0.3 is 10.0 Å². The van der Waals surface area contributed by atoms with Gasteiger partial charge in [-0.05, 0) is 37.9 Å². The molecule has 150 valence electrons. The maximum Gasteiger partial charge on any atom is 0.233 e. The summed E-state index contributed by atoms with van der Waals surface area (Å²) in [6, 6.07) is 5.92. The molecule has 7 heteroatoms. The first kappa shape index (κ1) is 19.1. The third-order valence-corrected chi connectivity index (χ3v) is 6.02. The number of hydrogen-bond donors (Lipinski definition) is 1. The van der Waals surface area contributed by atoms with Gasteiger partial charge in [0.2, 0.25) is 11.8 Å². The van der Waals surface area contributed by atoms with Crippen molar-refractivity contribution in [3.63, 3.8) is 0 Å². The molecule has 2 saturated heterocycles. The second kappa shape index (κ2) is 8.41. The van der Waals surface area contributed by atoms with Crippen molar-refractivity contribution in [3.05, 3.63) is 36.5 Å². The first-order chi connectivity index (χ1) is 13.6. The summed E-state index contributed by atoms with van der Waals surface area (Å²) in [5.41, 5.74) is 0. The zero-order valence-electron chi connectivity index (χ0n) is 16.1. The van der Waals surface area contributed by atoms with Gasteiger partial charge in [0.05, 0.1) is 24.5 Å². The van der Waals surface area contributed by atoms with E-state index in [2.05, 4.69) is 14.8 Å². The minimum Gasteiger partial charge on any atom is -0.390 e. The van der Waals surface area contributed by atoms with E-state index in [9.17, 15) is 14.7 Å². The van der Waals surface area contributed by atoms with Gasteiger partial charge in [0.15, 0.2) is 0 Å². The number of allylic oxidation sites excluding steroid dienone is 2. The Morgan fingerprint density at radius 3 is 2.43 bits per heavy atom. The van der Waals surface area contributed by atoms with Crippen LogP contribution in [0.15, 0.2) is 36.5 Å². The Bertz CT molecular complexity index is 712. The standard InChI is InChI=1S/C21H28N4O3/c26-16(15-25-20(27)17-6-1-2-7-18(17)21(25)28)14-23-10-5-11-24(13-12-23)19-8-3-4-9-22-19/h1-4,8-9,16-18,26H,5-7,10-15H2/t16?,17-,18+. The molecule has 0 saturated carbocycles. The summed E-state index contributed by atoms with van der Waals surface area (Å²) in [6.07, 6.45) is 7.31. The van der Waals surface area contributed by atoms with Crippen LogP contribution in [0, 0.1) is 11.8 Å². The van der Waals surface area contributed by atoms with Crippen molar-refractivity contribution in [1.29, 1.82) is 0 Å². The van der Waals surface area contributed by atoms with Gasteiger partial charge in [0.1, 0.15) is 5.82 Å². The number of imide groups is 1. The number of aromatic nitrogens is 1. The van der Waals surface area contributed by atoms with E-state index in [0.717, 1.165) is 38.4 Å². The number of likely N-dealkylation sites (tertiary alicyclic amines) is 1. The summed E-state index contributed by atoms with van der Waals surface area (Å²) in [7, 11) is 0. The smallest absolute Gasteiger partial charge is 0.233 e. The molecule has 28 heavy (non-hydrogen) atoms. The Balaban J connectivity index is 1.30. The molecule has 3 aliphatic rings. The highest BCUT2D eigenvalue weighted by Crippen LogP contribution is 2.35. The van der Waals surface area contributed by atoms with E-state index >= 15 is 0 Å². The number of carbonyl (C=O) groups excluding carboxylic acids is 2. The molecular formula is C21H28N4O3. The summed E-state index contributed by atoms with van der Waals surface area (Å²) >= 11 is 0. The van der Waals surface area contributed by atoms with Gasteiger partial charge in [-0.15, -0.1) is 0 Å². The van der Waals surface area contributed by atoms with Crippen LogP contribution in [0.5, 0.6) is 0 Å². The maximum atomic E-state index is 12.6. The summed E-state index contributed by atoms with van der Waals surface area (Å²) in [5, 5.41) is 10.6. The predicted octanol–water partition coefficient (Wildman–Crippen LogP) is 0.906. The third-order valence-electron chi connectivity index (χ3n) is 6.02. The number of rotatable bonds is 5. The SMILES string of the molecule is O=C1[C@H]2CC=CC[C@H]2C(=O)N1CC(O)CN1CCCN(c2ccccn2)CC1. The largest absolute Gasteiger partial charge is 0.390 e. The molecule has 0 bridgehead atoms. The lowest BCUT2D eigenvalue weighted by Crippen LogP contribution is -2.44. The number of fused-ring (bicyclic) bond motifs is 1. The molecule has 1 N–H and O–H groups in total. The highest BCUT2D eigenvalue weighted by Gasteiger charge is 2.47. The van der Waals surface area contributed by atoms with Crippen molar-refractivity contribution in [3.8, 4) is 0 Å². The minimum absolute atomic E-state index is 0.102. The third kappa shape index (κ3) is 3.95. The van der Waals surface area contributed by atoms with Gasteiger partial charge in [0.25, 0.3) is 0 Å². The van der Waals surface area contributed by atoms with Crippen LogP contribution in [-0.2, 0) is 9.59 Å². The highest BCUT2D eigenvalue weighted by molar-refractivity contribution is 6.05. The summed E-state index contributed by atoms with van der Waals surface area (Å²) < 4.78 is 0. The van der Waals surface area contributed by atoms with Crippen molar-refractivity contribution in [2.24, 2.45) is 11.8 Å². The van der Waals surface area contributed by atoms with Crippen molar-refractivity contribution in [1.82, 2.24) is 14.8 Å². The van der Waals surface area contributed by atoms with Gasteiger partial charge in [-0.2, -0.15) is 0 Å². The monoisotopic (exact) mass is 384 g/mol. The van der Waals surface area contributed by atoms with Crippen LogP contribution in [0.25, 0.3) is 0 Å². The van der Waals surface area contributed by atoms with Crippen LogP contribution in [0.1, 0.15) is 19.3 Å². The van der Waals surface area contributed by atoms with Crippen LogP contribution in [0.3, 0.4) is 0 Å². The van der Waals surface area contributed by atoms with E-state index in [-0.39, 0.29) is 30.2 Å². The van der Waals surface area contributed by atoms with E-state index < -0.39 is 6.10 Å². The fraction of sp³-hybridized carbons (Fsp3) is 0.571. The Morgan fingerprint density at radius 2 is 1.75 bits per heavy atom. The molecule has 4 rings (SSSR count). The Kier molecular flexibility index (Phi) is 5.73. The van der Waals surface area contributed by atoms with E-state index in [0.29, 0.717) is 19.4 Å². The lowest BCUT2D eigenvalue weighted by molar-refractivity contribution is -0.141. The zero-order valence-corrected chi connectivity index (χ0v) is 16.1. The van der Waals surface area contributed by atoms with Crippen LogP contribution >= 0.6 is 0 Å². The van der Waals surface area contributed by atoms with Crippen LogP contribution < -0.4 is 4.90 Å². The normalized spacial score (nSPS) is 27.0. The number of pyridine rings is 1. The van der Waals surface area contributed by atoms with E-state index in [1.54, 1.807) is 6.20 Å². The fourth-order valence-electron chi connectivity index (χ4n) is 4.54. The Morgan fingerprint density at radius 1 is 1.00 bits per heavy atom. The molecule has 1 aliphatic carbocycles. The van der Waals surface area contributed by atoms with Crippen molar-refractivity contribution >= 4 is 17.6 Å². The number of aliphatic hydroxyl groups is 1. The Labute approximate surface area is 165 Å². The number of β-amino-alcohol motifs (C(OH)–C–C–N with tert-alkyl or cyclic N) is 1. The molecular weight excluding hydrogens is 356 g/mol. The van der Waals surface area contributed by atoms with Crippen LogP contribution in [-0.4, -0.2) is 77.1 Å². The molecule has 3 heterocycles. The predicted molar refractivity (Wildman–Crippen MR) is 106 cm³/mol. The number of nitrogens with zero attached hydrogens (tertiary/aromatic N) is 4. The molecule has 0 spiro atoms. The molecule has 2 fully saturated rings. The summed E-state index contributed by atoms with van der Waals surface area (Å²) in [4.78, 5) is 35.3. The van der Waals surface area contributed by atoms with Crippen molar-refractivity contribution in [2.75, 3.05) is 44.2 Å². The molecule has 7 nitrogen and oxygen atoms in total. The van der Waals surface area contributed by atoms with Gasteiger partial charge in [-0.25, -0.2) is 4.98 Å². The quantitative estimate of drug-likeness (QED) is 0.601. The number of aliphatic hydroxyl groups excluding tert-OH is 1. The highest BCUT2D eigenvalue weighted by atomic mass is 16.3. The zero-order chi connectivity index (χ0) is 19.5. The maximum absolute atomic E-state index is 12.6. The van der Waals surface area contributed by atoms with Gasteiger partial charge >= 0.3 is 0 Å². The first-order valence-electron chi connectivity index (χ1n) is 10.2. The van der Waals surface area contributed by atoms with E-state index in [1.165, 1.54) is 4.90 Å². The Hall–Kier alpha value is -2.25. The molecule has 3 atom stereocenters. The lowest BCUT2D eigenvalue weighted by Gasteiger charge is -2.26. The van der Waals surface area contributed by atoms with Gasteiger partial charge in [-0.1, -0.05) is 18.2 Å². The first-order valence-corrected chi connectivity index (χ1v) is 10.2. The molecule has 0 aromatic carbocycles. The number of amides is 2. The lowest BCUT2D eigenvalue weighted by atomic mass is 9.85. The van der Waals surface area contributed by atoms with Crippen LogP contribution in [0.2, 0.25) is 0 Å². The van der Waals surface area contributed by atoms with Crippen molar-refractivity contribution in [2.45, 2.75) is 25.4 Å². The van der Waals surface area contributed by atoms with Crippen molar-refractivity contribution < 1.29 is 14.7 Å².